The standard InChI is InChI=1S/C19H18N4O3/c1-26-17-8-14(5-6-16(17)15-10-22-23-11-15)19(25)21-9-12-3-2-4-13(7-12)18(20)24/h2-8,10-11H,9H2,1H3,(H2,20,24)(H,21,25)(H,22,23). The summed E-state index contributed by atoms with van der Waals surface area (Å²) in [4.78, 5) is 23.7. The Morgan fingerprint density at radius 2 is 2.04 bits per heavy atom. The Hall–Kier alpha value is -3.61. The van der Waals surface area contributed by atoms with Gasteiger partial charge in [-0.1, -0.05) is 12.1 Å². The minimum atomic E-state index is -0.502. The highest BCUT2D eigenvalue weighted by Crippen LogP contribution is 2.30. The van der Waals surface area contributed by atoms with Gasteiger partial charge in [0.1, 0.15) is 5.75 Å². The van der Waals surface area contributed by atoms with Crippen LogP contribution in [0.25, 0.3) is 11.1 Å². The number of carbonyl (C=O) groups excluding carboxylic acids is 2. The van der Waals surface area contributed by atoms with E-state index >= 15 is 0 Å². The van der Waals surface area contributed by atoms with Gasteiger partial charge in [-0.3, -0.25) is 14.7 Å². The maximum Gasteiger partial charge on any atom is 0.251 e. The number of aromatic amines is 1. The third-order valence-corrected chi connectivity index (χ3v) is 3.94. The number of primary amides is 1. The first kappa shape index (κ1) is 17.2. The molecule has 7 heteroatoms. The van der Waals surface area contributed by atoms with Gasteiger partial charge in [0.25, 0.3) is 5.91 Å². The number of aromatic nitrogens is 2. The van der Waals surface area contributed by atoms with Gasteiger partial charge in [0, 0.05) is 35.0 Å². The topological polar surface area (TPSA) is 110 Å². The van der Waals surface area contributed by atoms with E-state index in [0.717, 1.165) is 16.7 Å². The fraction of sp³-hybridized carbons (Fsp3) is 0.105. The predicted octanol–water partition coefficient (Wildman–Crippen LogP) is 2.11. The molecule has 0 saturated heterocycles. The van der Waals surface area contributed by atoms with Gasteiger partial charge in [-0.2, -0.15) is 5.10 Å². The van der Waals surface area contributed by atoms with Crippen molar-refractivity contribution in [1.82, 2.24) is 15.5 Å². The molecule has 0 aliphatic carbocycles. The maximum atomic E-state index is 12.4. The maximum absolute atomic E-state index is 12.4. The minimum absolute atomic E-state index is 0.244. The normalized spacial score (nSPS) is 10.3. The average Bonchev–Trinajstić information content (AvgIpc) is 3.20. The molecule has 0 atom stereocenters. The summed E-state index contributed by atoms with van der Waals surface area (Å²) in [5, 5.41) is 9.49. The van der Waals surface area contributed by atoms with E-state index < -0.39 is 5.91 Å². The molecule has 2 aromatic carbocycles. The first-order valence-electron chi connectivity index (χ1n) is 7.92. The van der Waals surface area contributed by atoms with Crippen molar-refractivity contribution in [3.63, 3.8) is 0 Å². The summed E-state index contributed by atoms with van der Waals surface area (Å²) < 4.78 is 5.39. The first-order chi connectivity index (χ1) is 12.6. The van der Waals surface area contributed by atoms with Crippen molar-refractivity contribution < 1.29 is 14.3 Å². The molecule has 132 valence electrons. The Morgan fingerprint density at radius 1 is 1.19 bits per heavy atom. The number of ether oxygens (including phenoxy) is 1. The lowest BCUT2D eigenvalue weighted by Gasteiger charge is -2.10. The molecule has 0 bridgehead atoms. The Balaban J connectivity index is 1.74. The number of hydrogen-bond donors (Lipinski definition) is 3. The molecule has 3 aromatic rings. The lowest BCUT2D eigenvalue weighted by Crippen LogP contribution is -2.23. The molecule has 4 N–H and O–H groups in total. The number of carbonyl (C=O) groups is 2. The van der Waals surface area contributed by atoms with Crippen LogP contribution in [0.2, 0.25) is 0 Å². The van der Waals surface area contributed by atoms with Crippen molar-refractivity contribution in [2.24, 2.45) is 5.73 Å². The second kappa shape index (κ2) is 7.52. The molecule has 1 aromatic heterocycles. The Morgan fingerprint density at radius 3 is 2.73 bits per heavy atom. The molecule has 0 saturated carbocycles. The summed E-state index contributed by atoms with van der Waals surface area (Å²) in [5.41, 5.74) is 8.65. The zero-order valence-corrected chi connectivity index (χ0v) is 14.2. The Labute approximate surface area is 150 Å². The van der Waals surface area contributed by atoms with E-state index in [2.05, 4.69) is 15.5 Å². The van der Waals surface area contributed by atoms with Crippen LogP contribution < -0.4 is 15.8 Å². The van der Waals surface area contributed by atoms with Crippen LogP contribution in [0, 0.1) is 0 Å². The zero-order valence-electron chi connectivity index (χ0n) is 14.2. The largest absolute Gasteiger partial charge is 0.496 e. The second-order valence-electron chi connectivity index (χ2n) is 5.65. The second-order valence-corrected chi connectivity index (χ2v) is 5.65. The van der Waals surface area contributed by atoms with E-state index in [-0.39, 0.29) is 12.5 Å². The molecule has 0 aliphatic rings. The third kappa shape index (κ3) is 3.72. The van der Waals surface area contributed by atoms with E-state index in [1.54, 1.807) is 49.8 Å². The van der Waals surface area contributed by atoms with E-state index in [9.17, 15) is 9.59 Å². The van der Waals surface area contributed by atoms with Crippen LogP contribution in [-0.4, -0.2) is 29.1 Å². The number of nitrogens with two attached hydrogens (primary N) is 1. The van der Waals surface area contributed by atoms with Crippen LogP contribution in [0.3, 0.4) is 0 Å². The Bertz CT molecular complexity index is 936. The van der Waals surface area contributed by atoms with Crippen molar-refractivity contribution in [3.05, 3.63) is 71.5 Å². The lowest BCUT2D eigenvalue weighted by molar-refractivity contribution is 0.0950. The molecule has 1 heterocycles. The predicted molar refractivity (Wildman–Crippen MR) is 96.7 cm³/mol. The molecular weight excluding hydrogens is 332 g/mol. The number of amides is 2. The van der Waals surface area contributed by atoms with Crippen LogP contribution in [0.1, 0.15) is 26.3 Å². The highest BCUT2D eigenvalue weighted by Gasteiger charge is 2.12. The number of methoxy groups -OCH3 is 1. The number of benzene rings is 2. The summed E-state index contributed by atoms with van der Waals surface area (Å²) >= 11 is 0. The summed E-state index contributed by atoms with van der Waals surface area (Å²) in [6, 6.07) is 12.0. The fourth-order valence-electron chi connectivity index (χ4n) is 2.59. The lowest BCUT2D eigenvalue weighted by atomic mass is 10.0. The van der Waals surface area contributed by atoms with E-state index in [4.69, 9.17) is 10.5 Å². The molecule has 0 unspecified atom stereocenters. The van der Waals surface area contributed by atoms with Crippen LogP contribution in [0.5, 0.6) is 5.75 Å². The highest BCUT2D eigenvalue weighted by atomic mass is 16.5. The van der Waals surface area contributed by atoms with Gasteiger partial charge < -0.3 is 15.8 Å². The summed E-state index contributed by atoms with van der Waals surface area (Å²) in [5.74, 6) is -0.168. The smallest absolute Gasteiger partial charge is 0.251 e. The number of rotatable bonds is 6. The van der Waals surface area contributed by atoms with E-state index in [1.165, 1.54) is 0 Å². The number of H-pyrrole nitrogens is 1. The fourth-order valence-corrected chi connectivity index (χ4v) is 2.59. The van der Waals surface area contributed by atoms with Gasteiger partial charge in [0.15, 0.2) is 0 Å². The number of hydrogen-bond acceptors (Lipinski definition) is 4. The van der Waals surface area contributed by atoms with Crippen LogP contribution in [-0.2, 0) is 6.54 Å². The van der Waals surface area contributed by atoms with Crippen molar-refractivity contribution in [1.29, 1.82) is 0 Å². The van der Waals surface area contributed by atoms with Gasteiger partial charge in [-0.05, 0) is 35.9 Å². The van der Waals surface area contributed by atoms with Gasteiger partial charge in [0.05, 0.1) is 13.3 Å². The molecule has 3 rings (SSSR count). The summed E-state index contributed by atoms with van der Waals surface area (Å²) in [6.07, 6.45) is 3.44. The third-order valence-electron chi connectivity index (χ3n) is 3.94. The monoisotopic (exact) mass is 350 g/mol. The van der Waals surface area contributed by atoms with E-state index in [0.29, 0.717) is 16.9 Å². The zero-order chi connectivity index (χ0) is 18.5. The van der Waals surface area contributed by atoms with Crippen molar-refractivity contribution in [2.45, 2.75) is 6.54 Å². The Kier molecular flexibility index (Phi) is 4.98. The molecule has 2 amide bonds. The van der Waals surface area contributed by atoms with Gasteiger partial charge in [-0.25, -0.2) is 0 Å². The molecule has 26 heavy (non-hydrogen) atoms. The van der Waals surface area contributed by atoms with Crippen LogP contribution in [0.4, 0.5) is 0 Å². The average molecular weight is 350 g/mol. The van der Waals surface area contributed by atoms with Crippen LogP contribution >= 0.6 is 0 Å². The van der Waals surface area contributed by atoms with Crippen molar-refractivity contribution in [3.8, 4) is 16.9 Å². The molecule has 0 fully saturated rings. The first-order valence-corrected chi connectivity index (χ1v) is 7.92. The van der Waals surface area contributed by atoms with Gasteiger partial charge >= 0.3 is 0 Å². The molecular formula is C19H18N4O3. The van der Waals surface area contributed by atoms with Crippen molar-refractivity contribution in [2.75, 3.05) is 7.11 Å². The molecule has 0 aliphatic heterocycles. The van der Waals surface area contributed by atoms with Gasteiger partial charge in [0.2, 0.25) is 5.91 Å². The SMILES string of the molecule is COc1cc(C(=O)NCc2cccc(C(N)=O)c2)ccc1-c1cn[nH]c1. The van der Waals surface area contributed by atoms with E-state index in [1.807, 2.05) is 12.1 Å². The quantitative estimate of drug-likeness (QED) is 0.632. The summed E-state index contributed by atoms with van der Waals surface area (Å²) in [6.45, 7) is 0.283. The number of nitrogens with one attached hydrogen (secondary N) is 2. The van der Waals surface area contributed by atoms with Crippen LogP contribution in [0.15, 0.2) is 54.9 Å². The van der Waals surface area contributed by atoms with Gasteiger partial charge in [-0.15, -0.1) is 0 Å². The molecule has 7 nitrogen and oxygen atoms in total. The molecule has 0 spiro atoms. The number of nitrogens with zero attached hydrogens (tertiary/aromatic N) is 1. The van der Waals surface area contributed by atoms with Crippen molar-refractivity contribution >= 4 is 11.8 Å². The molecule has 0 radical (unpaired) electrons. The minimum Gasteiger partial charge on any atom is -0.496 e. The summed E-state index contributed by atoms with van der Waals surface area (Å²) in [7, 11) is 1.55. The highest BCUT2D eigenvalue weighted by molar-refractivity contribution is 5.95.